The Morgan fingerprint density at radius 2 is 1.03 bits per heavy atom. The van der Waals surface area contributed by atoms with E-state index in [1.165, 1.54) is 7.11 Å². The number of hydrogen-bond acceptors (Lipinski definition) is 18. The van der Waals surface area contributed by atoms with Crippen molar-refractivity contribution in [2.45, 2.75) is 93.0 Å². The first kappa shape index (κ1) is 30.5. The fourth-order valence-electron chi connectivity index (χ4n) is 4.12. The van der Waals surface area contributed by atoms with Gasteiger partial charge in [-0.1, -0.05) is 0 Å². The molecule has 3 aliphatic rings. The number of hydrogen-bond donors (Lipinski definition) is 5. The van der Waals surface area contributed by atoms with Crippen LogP contribution >= 0.6 is 0 Å². The molecule has 3 aliphatic heterocycles. The molecule has 3 saturated heterocycles. The summed E-state index contributed by atoms with van der Waals surface area (Å²) in [5, 5.41) is 52.4. The van der Waals surface area contributed by atoms with E-state index in [4.69, 9.17) is 47.4 Å². The first-order chi connectivity index (χ1) is 18.2. The van der Waals surface area contributed by atoms with E-state index >= 15 is 0 Å². The van der Waals surface area contributed by atoms with Gasteiger partial charge in [0.2, 0.25) is 18.9 Å². The minimum atomic E-state index is -1.97. The van der Waals surface area contributed by atoms with Gasteiger partial charge < -0.3 is 72.9 Å². The van der Waals surface area contributed by atoms with Gasteiger partial charge in [-0.15, -0.1) is 0 Å². The molecule has 0 aromatic rings. The smallest absolute Gasteiger partial charge is 0.295 e. The summed E-state index contributed by atoms with van der Waals surface area (Å²) in [6, 6.07) is 0. The van der Waals surface area contributed by atoms with E-state index in [1.807, 2.05) is 0 Å². The van der Waals surface area contributed by atoms with Crippen molar-refractivity contribution in [3.8, 4) is 0 Å². The summed E-state index contributed by atoms with van der Waals surface area (Å²) >= 11 is 0. The Morgan fingerprint density at radius 3 is 1.53 bits per heavy atom. The fourth-order valence-corrected chi connectivity index (χ4v) is 4.12. The Balaban J connectivity index is 1.75. The molecule has 0 spiro atoms. The number of rotatable bonds is 12. The highest BCUT2D eigenvalue weighted by Crippen LogP contribution is 2.33. The lowest BCUT2D eigenvalue weighted by Gasteiger charge is -2.46. The summed E-state index contributed by atoms with van der Waals surface area (Å²) in [5.74, 6) is 0. The predicted molar refractivity (Wildman–Crippen MR) is 110 cm³/mol. The number of aliphatic hydroxyl groups excluding tert-OH is 5. The molecule has 0 bridgehead atoms. The van der Waals surface area contributed by atoms with Crippen LogP contribution in [-0.2, 0) is 61.8 Å². The van der Waals surface area contributed by atoms with Crippen LogP contribution in [0.3, 0.4) is 0 Å². The van der Waals surface area contributed by atoms with Crippen molar-refractivity contribution in [2.24, 2.45) is 0 Å². The van der Waals surface area contributed by atoms with E-state index in [0.29, 0.717) is 0 Å². The Kier molecular flexibility index (Phi) is 11.1. The third-order valence-electron chi connectivity index (χ3n) is 6.05. The SMILES string of the molecule is CO[C@@H]1OC(OC=O)[C@@H](O[C@@H]2O[C@@H](OC=O)[C@@H](O[C@@H]3OC(OC=O)[C@@H](OC)CC3O)C(O)C2O)[C@H](O)C1O. The number of methoxy groups -OCH3 is 2. The molecule has 0 radical (unpaired) electrons. The van der Waals surface area contributed by atoms with E-state index in [2.05, 4.69) is 0 Å². The van der Waals surface area contributed by atoms with Gasteiger partial charge in [0.1, 0.15) is 36.6 Å². The maximum Gasteiger partial charge on any atom is 0.295 e. The number of aliphatic hydroxyl groups is 5. The molecule has 18 heteroatoms. The summed E-state index contributed by atoms with van der Waals surface area (Å²) in [6.07, 6.45) is -22.7. The lowest BCUT2D eigenvalue weighted by atomic mass is 10.0. The summed E-state index contributed by atoms with van der Waals surface area (Å²) in [7, 11) is 2.45. The van der Waals surface area contributed by atoms with Crippen LogP contribution in [0.2, 0.25) is 0 Å². The molecule has 218 valence electrons. The predicted octanol–water partition coefficient (Wildman–Crippen LogP) is -4.82. The third kappa shape index (κ3) is 6.55. The molecular formula is C20H30O18. The second-order valence-electron chi connectivity index (χ2n) is 8.29. The van der Waals surface area contributed by atoms with Crippen LogP contribution < -0.4 is 0 Å². The molecule has 0 aromatic heterocycles. The summed E-state index contributed by atoms with van der Waals surface area (Å²) in [4.78, 5) is 32.8. The van der Waals surface area contributed by atoms with Crippen molar-refractivity contribution in [3.05, 3.63) is 0 Å². The zero-order valence-electron chi connectivity index (χ0n) is 20.1. The first-order valence-corrected chi connectivity index (χ1v) is 11.2. The Hall–Kier alpha value is -2.07. The number of carbonyl (C=O) groups excluding carboxylic acids is 3. The number of ether oxygens (including phenoxy) is 10. The molecule has 6 unspecified atom stereocenters. The van der Waals surface area contributed by atoms with Crippen molar-refractivity contribution in [1.29, 1.82) is 0 Å². The van der Waals surface area contributed by atoms with Crippen LogP contribution in [0.4, 0.5) is 0 Å². The van der Waals surface area contributed by atoms with Gasteiger partial charge in [-0.05, 0) is 0 Å². The first-order valence-electron chi connectivity index (χ1n) is 11.2. The standard InChI is InChI=1S/C20H30O18/c1-29-8-3-7(24)15(36-16(8)31-4-21)34-13-10(26)12(28)18(38-20(13)33-6-23)35-14-9(25)11(27)17(30-2)37-19(14)32-5-22/h4-20,24-28H,3H2,1-2H3/t7?,8-,9+,10?,11?,12?,13-,14-,15+,16?,17+,18+,19?,20+/m0/s1. The van der Waals surface area contributed by atoms with E-state index in [-0.39, 0.29) is 25.8 Å². The van der Waals surface area contributed by atoms with Crippen LogP contribution in [-0.4, -0.2) is 146 Å². The van der Waals surface area contributed by atoms with Gasteiger partial charge >= 0.3 is 0 Å². The van der Waals surface area contributed by atoms with E-state index in [9.17, 15) is 39.9 Å². The van der Waals surface area contributed by atoms with E-state index < -0.39 is 86.6 Å². The minimum Gasteiger partial charge on any atom is -0.435 e. The molecule has 3 heterocycles. The summed E-state index contributed by atoms with van der Waals surface area (Å²) in [5.41, 5.74) is 0. The molecule has 3 rings (SSSR count). The topological polar surface area (TPSA) is 245 Å². The van der Waals surface area contributed by atoms with Crippen molar-refractivity contribution in [3.63, 3.8) is 0 Å². The third-order valence-corrected chi connectivity index (χ3v) is 6.05. The molecule has 0 aromatic carbocycles. The maximum atomic E-state index is 11.1. The van der Waals surface area contributed by atoms with E-state index in [0.717, 1.165) is 7.11 Å². The maximum absolute atomic E-state index is 11.1. The zero-order chi connectivity index (χ0) is 28.0. The van der Waals surface area contributed by atoms with Crippen LogP contribution in [0.1, 0.15) is 6.42 Å². The van der Waals surface area contributed by atoms with Crippen molar-refractivity contribution >= 4 is 19.4 Å². The highest BCUT2D eigenvalue weighted by Gasteiger charge is 2.54. The average molecular weight is 558 g/mol. The van der Waals surface area contributed by atoms with Crippen molar-refractivity contribution in [1.82, 2.24) is 0 Å². The molecule has 0 aliphatic carbocycles. The zero-order valence-corrected chi connectivity index (χ0v) is 20.1. The van der Waals surface area contributed by atoms with E-state index in [1.54, 1.807) is 0 Å². The second kappa shape index (κ2) is 13.8. The molecular weight excluding hydrogens is 528 g/mol. The summed E-state index contributed by atoms with van der Waals surface area (Å²) in [6.45, 7) is -0.00687. The monoisotopic (exact) mass is 558 g/mol. The van der Waals surface area contributed by atoms with Gasteiger partial charge in [-0.25, -0.2) is 0 Å². The lowest BCUT2D eigenvalue weighted by molar-refractivity contribution is -0.409. The largest absolute Gasteiger partial charge is 0.435 e. The molecule has 0 amide bonds. The Morgan fingerprint density at radius 1 is 0.579 bits per heavy atom. The molecule has 14 atom stereocenters. The lowest BCUT2D eigenvalue weighted by Crippen LogP contribution is -2.65. The van der Waals surface area contributed by atoms with Crippen molar-refractivity contribution < 1.29 is 87.3 Å². The van der Waals surface area contributed by atoms with Gasteiger partial charge in [0, 0.05) is 20.6 Å². The number of carbonyl (C=O) groups is 3. The van der Waals surface area contributed by atoms with Crippen molar-refractivity contribution in [2.75, 3.05) is 14.2 Å². The molecule has 18 nitrogen and oxygen atoms in total. The van der Waals surface area contributed by atoms with Gasteiger partial charge in [0.15, 0.2) is 31.1 Å². The van der Waals surface area contributed by atoms with Gasteiger partial charge in [0.05, 0.1) is 0 Å². The summed E-state index contributed by atoms with van der Waals surface area (Å²) < 4.78 is 51.2. The molecule has 5 N–H and O–H groups in total. The van der Waals surface area contributed by atoms with Gasteiger partial charge in [-0.3, -0.25) is 14.4 Å². The fraction of sp³-hybridized carbons (Fsp3) is 0.850. The van der Waals surface area contributed by atoms with Crippen LogP contribution in [0, 0.1) is 0 Å². The Labute approximate surface area is 214 Å². The minimum absolute atomic E-state index is 0.0292. The van der Waals surface area contributed by atoms with Gasteiger partial charge in [-0.2, -0.15) is 0 Å². The highest BCUT2D eigenvalue weighted by atomic mass is 16.8. The molecule has 3 fully saturated rings. The van der Waals surface area contributed by atoms with Crippen LogP contribution in [0.15, 0.2) is 0 Å². The van der Waals surface area contributed by atoms with Crippen LogP contribution in [0.5, 0.6) is 0 Å². The molecule has 0 saturated carbocycles. The quantitative estimate of drug-likeness (QED) is 0.111. The second-order valence-corrected chi connectivity index (χ2v) is 8.29. The molecule has 38 heavy (non-hydrogen) atoms. The van der Waals surface area contributed by atoms with Gasteiger partial charge in [0.25, 0.3) is 19.4 Å². The normalized spacial score (nSPS) is 45.6. The van der Waals surface area contributed by atoms with Crippen LogP contribution in [0.25, 0.3) is 0 Å². The highest BCUT2D eigenvalue weighted by molar-refractivity contribution is 5.38. The Bertz CT molecular complexity index is 770. The average Bonchev–Trinajstić information content (AvgIpc) is 2.90.